The van der Waals surface area contributed by atoms with Crippen molar-refractivity contribution in [2.75, 3.05) is 0 Å². The Balaban J connectivity index is 1.69. The van der Waals surface area contributed by atoms with Crippen LogP contribution >= 0.6 is 34.7 Å². The lowest BCUT2D eigenvalue weighted by molar-refractivity contribution is -0.388. The van der Waals surface area contributed by atoms with E-state index < -0.39 is 22.5 Å². The summed E-state index contributed by atoms with van der Waals surface area (Å²) in [6, 6.07) is 6.78. The average molecular weight is 490 g/mol. The van der Waals surface area contributed by atoms with Crippen molar-refractivity contribution < 1.29 is 22.8 Å². The van der Waals surface area contributed by atoms with Crippen LogP contribution in [0.3, 0.4) is 0 Å². The van der Waals surface area contributed by atoms with Crippen LogP contribution in [0.4, 0.5) is 18.9 Å². The molecule has 0 aliphatic heterocycles. The zero-order chi connectivity index (χ0) is 22.3. The van der Waals surface area contributed by atoms with Crippen LogP contribution in [-0.2, 0) is 12.8 Å². The van der Waals surface area contributed by atoms with Crippen LogP contribution in [0, 0.1) is 10.1 Å². The van der Waals surface area contributed by atoms with Crippen LogP contribution in [0.15, 0.2) is 30.3 Å². The highest BCUT2D eigenvalue weighted by molar-refractivity contribution is 7.06. The van der Waals surface area contributed by atoms with Gasteiger partial charge in [0.2, 0.25) is 11.6 Å². The molecule has 1 aromatic carbocycles. The zero-order valence-corrected chi connectivity index (χ0v) is 17.8. The number of ether oxygens (including phenoxy) is 1. The Morgan fingerprint density at radius 2 is 1.87 bits per heavy atom. The summed E-state index contributed by atoms with van der Waals surface area (Å²) in [6.45, 7) is -0.138. The van der Waals surface area contributed by atoms with Crippen LogP contribution in [0.5, 0.6) is 5.88 Å². The molecule has 0 N–H and O–H groups in total. The van der Waals surface area contributed by atoms with Gasteiger partial charge in [0, 0.05) is 28.1 Å². The van der Waals surface area contributed by atoms with Gasteiger partial charge < -0.3 is 4.74 Å². The van der Waals surface area contributed by atoms with Crippen LogP contribution < -0.4 is 4.74 Å². The molecule has 0 amide bonds. The van der Waals surface area contributed by atoms with E-state index in [4.69, 9.17) is 27.9 Å². The molecule has 0 saturated heterocycles. The number of hydrogen-bond donors (Lipinski definition) is 0. The van der Waals surface area contributed by atoms with Gasteiger partial charge in [-0.2, -0.15) is 17.5 Å². The number of alkyl halides is 3. The quantitative estimate of drug-likeness (QED) is 0.278. The first-order valence-corrected chi connectivity index (χ1v) is 10.5. The number of nitrogens with zero attached hydrogens (tertiary/aromatic N) is 3. The minimum atomic E-state index is -5.00. The van der Waals surface area contributed by atoms with Crippen LogP contribution in [-0.4, -0.2) is 14.3 Å². The van der Waals surface area contributed by atoms with Gasteiger partial charge in [0.15, 0.2) is 0 Å². The van der Waals surface area contributed by atoms with Crippen molar-refractivity contribution in [3.05, 3.63) is 66.6 Å². The summed E-state index contributed by atoms with van der Waals surface area (Å²) in [4.78, 5) is 14.1. The molecule has 4 rings (SSSR count). The molecular formula is C19H12Cl2F3N3O3S. The Hall–Kier alpha value is -2.43. The van der Waals surface area contributed by atoms with Gasteiger partial charge in [-0.3, -0.25) is 10.1 Å². The Kier molecular flexibility index (Phi) is 5.80. The fourth-order valence-corrected chi connectivity index (χ4v) is 4.68. The first-order chi connectivity index (χ1) is 14.7. The minimum Gasteiger partial charge on any atom is -0.473 e. The molecule has 3 aromatic rings. The predicted octanol–water partition coefficient (Wildman–Crippen LogP) is 6.90. The van der Waals surface area contributed by atoms with Crippen molar-refractivity contribution in [1.29, 1.82) is 0 Å². The van der Waals surface area contributed by atoms with Crippen molar-refractivity contribution in [1.82, 2.24) is 9.36 Å². The number of pyridine rings is 1. The predicted molar refractivity (Wildman–Crippen MR) is 110 cm³/mol. The fourth-order valence-electron chi connectivity index (χ4n) is 3.06. The summed E-state index contributed by atoms with van der Waals surface area (Å²) < 4.78 is 49.6. The number of halogens is 5. The maximum atomic E-state index is 13.2. The normalized spacial score (nSPS) is 14.0. The maximum absolute atomic E-state index is 13.2. The van der Waals surface area contributed by atoms with E-state index in [1.165, 1.54) is 11.5 Å². The molecular weight excluding hydrogens is 478 g/mol. The van der Waals surface area contributed by atoms with E-state index in [1.807, 2.05) is 0 Å². The summed E-state index contributed by atoms with van der Waals surface area (Å²) in [5, 5.41) is 11.7. The van der Waals surface area contributed by atoms with Gasteiger partial charge >= 0.3 is 6.18 Å². The van der Waals surface area contributed by atoms with Crippen molar-refractivity contribution in [2.45, 2.75) is 31.5 Å². The molecule has 0 atom stereocenters. The van der Waals surface area contributed by atoms with E-state index >= 15 is 0 Å². The molecule has 162 valence electrons. The Morgan fingerprint density at radius 1 is 1.19 bits per heavy atom. The third-order valence-electron chi connectivity index (χ3n) is 4.64. The first-order valence-electron chi connectivity index (χ1n) is 8.95. The Bertz CT molecular complexity index is 1150. The highest BCUT2D eigenvalue weighted by Crippen LogP contribution is 2.48. The lowest BCUT2D eigenvalue weighted by Gasteiger charge is -2.12. The lowest BCUT2D eigenvalue weighted by Crippen LogP contribution is -2.12. The number of hydrogen-bond acceptors (Lipinski definition) is 6. The van der Waals surface area contributed by atoms with Crippen molar-refractivity contribution in [3.63, 3.8) is 0 Å². The first kappa shape index (κ1) is 21.8. The van der Waals surface area contributed by atoms with Crippen LogP contribution in [0.1, 0.15) is 34.9 Å². The molecule has 1 fully saturated rings. The molecule has 2 heterocycles. The molecule has 0 spiro atoms. The summed E-state index contributed by atoms with van der Waals surface area (Å²) in [6.07, 6.45) is -3.06. The second kappa shape index (κ2) is 8.25. The molecule has 31 heavy (non-hydrogen) atoms. The number of rotatable bonds is 6. The van der Waals surface area contributed by atoms with Crippen LogP contribution in [0.2, 0.25) is 10.0 Å². The van der Waals surface area contributed by atoms with Gasteiger partial charge in [0.25, 0.3) is 5.69 Å². The molecule has 0 bridgehead atoms. The van der Waals surface area contributed by atoms with E-state index in [1.54, 1.807) is 18.2 Å². The second-order valence-corrected chi connectivity index (χ2v) is 8.43. The number of nitro groups is 1. The van der Waals surface area contributed by atoms with Gasteiger partial charge in [0.1, 0.15) is 6.61 Å². The Labute approximate surface area is 187 Å². The highest BCUT2D eigenvalue weighted by atomic mass is 35.5. The monoisotopic (exact) mass is 489 g/mol. The van der Waals surface area contributed by atoms with E-state index in [0.29, 0.717) is 32.8 Å². The molecule has 12 heteroatoms. The van der Waals surface area contributed by atoms with Crippen molar-refractivity contribution >= 4 is 40.4 Å². The fraction of sp³-hybridized carbons (Fsp3) is 0.263. The molecule has 2 aromatic heterocycles. The summed E-state index contributed by atoms with van der Waals surface area (Å²) in [5.74, 6) is -0.0938. The number of aromatic nitrogens is 2. The standard InChI is InChI=1S/C19H12Cl2F3N3O3S/c20-11-2-1-3-12(21)15(11)16-10(17(31-26-16)9-4-5-9)8-30-14-7-6-13(27(28)29)18(25-14)19(22,23)24/h1-3,6-7,9H,4-5,8H2. The van der Waals surface area contributed by atoms with E-state index in [9.17, 15) is 23.3 Å². The van der Waals surface area contributed by atoms with Gasteiger partial charge in [0.05, 0.1) is 20.7 Å². The minimum absolute atomic E-state index is 0.138. The number of benzene rings is 1. The second-order valence-electron chi connectivity index (χ2n) is 6.81. The topological polar surface area (TPSA) is 78.2 Å². The molecule has 1 aliphatic rings. The average Bonchev–Trinajstić information content (AvgIpc) is 3.46. The Morgan fingerprint density at radius 3 is 2.45 bits per heavy atom. The van der Waals surface area contributed by atoms with Crippen molar-refractivity contribution in [2.24, 2.45) is 0 Å². The van der Waals surface area contributed by atoms with Crippen molar-refractivity contribution in [3.8, 4) is 17.1 Å². The third kappa shape index (κ3) is 4.46. The molecule has 1 aliphatic carbocycles. The van der Waals surface area contributed by atoms with E-state index in [2.05, 4.69) is 9.36 Å². The summed E-state index contributed by atoms with van der Waals surface area (Å²) in [5.41, 5.74) is -1.08. The lowest BCUT2D eigenvalue weighted by atomic mass is 10.0. The van der Waals surface area contributed by atoms with E-state index in [0.717, 1.165) is 29.9 Å². The third-order valence-corrected chi connectivity index (χ3v) is 6.32. The van der Waals surface area contributed by atoms with Gasteiger partial charge in [-0.05, 0) is 42.4 Å². The molecule has 0 unspecified atom stereocenters. The summed E-state index contributed by atoms with van der Waals surface area (Å²) in [7, 11) is 0. The van der Waals surface area contributed by atoms with Gasteiger partial charge in [-0.25, -0.2) is 4.98 Å². The molecule has 6 nitrogen and oxygen atoms in total. The largest absolute Gasteiger partial charge is 0.473 e. The zero-order valence-electron chi connectivity index (χ0n) is 15.4. The smallest absolute Gasteiger partial charge is 0.440 e. The highest BCUT2D eigenvalue weighted by Gasteiger charge is 2.41. The van der Waals surface area contributed by atoms with Crippen LogP contribution in [0.25, 0.3) is 11.3 Å². The van der Waals surface area contributed by atoms with Gasteiger partial charge in [-0.1, -0.05) is 29.3 Å². The molecule has 1 saturated carbocycles. The SMILES string of the molecule is O=[N+]([O-])c1ccc(OCc2c(-c3c(Cl)cccc3Cl)nsc2C2CC2)nc1C(F)(F)F. The molecule has 0 radical (unpaired) electrons. The van der Waals surface area contributed by atoms with Gasteiger partial charge in [-0.15, -0.1) is 0 Å². The van der Waals surface area contributed by atoms with E-state index in [-0.39, 0.29) is 12.5 Å². The maximum Gasteiger partial charge on any atom is 0.440 e. The summed E-state index contributed by atoms with van der Waals surface area (Å²) >= 11 is 13.9.